The lowest BCUT2D eigenvalue weighted by Gasteiger charge is -2.25. The normalized spacial score (nSPS) is 13.7. The van der Waals surface area contributed by atoms with Crippen LogP contribution in [0.25, 0.3) is 0 Å². The summed E-state index contributed by atoms with van der Waals surface area (Å²) in [5.74, 6) is -0.713. The number of quaternary nitrogens is 1. The highest BCUT2D eigenvalue weighted by Crippen LogP contribution is 2.49. The molecule has 0 aromatic carbocycles. The lowest BCUT2D eigenvalue weighted by atomic mass is 10.0. The van der Waals surface area contributed by atoms with Crippen molar-refractivity contribution in [2.75, 3.05) is 54.1 Å². The van der Waals surface area contributed by atoms with E-state index in [0.717, 1.165) is 57.8 Å². The van der Waals surface area contributed by atoms with Crippen molar-refractivity contribution in [3.8, 4) is 0 Å². The van der Waals surface area contributed by atoms with Gasteiger partial charge >= 0.3 is 19.8 Å². The van der Waals surface area contributed by atoms with E-state index in [4.69, 9.17) is 23.0 Å². The molecule has 54 heavy (non-hydrogen) atoms. The number of carbonyl (C=O) groups excluding carboxylic acids is 2. The zero-order chi connectivity index (χ0) is 40.0. The van der Waals surface area contributed by atoms with Gasteiger partial charge in [-0.15, -0.1) is 0 Å². The van der Waals surface area contributed by atoms with Gasteiger partial charge in [-0.2, -0.15) is 0 Å². The van der Waals surface area contributed by atoms with Gasteiger partial charge in [0, 0.05) is 12.8 Å². The number of likely N-dealkylation sites (N-methyl/N-ethyl adjacent to an activating group) is 1. The molecule has 0 heterocycles. The lowest BCUT2D eigenvalue weighted by Crippen LogP contribution is -2.37. The fourth-order valence-electron chi connectivity index (χ4n) is 6.12. The van der Waals surface area contributed by atoms with E-state index in [1.165, 1.54) is 109 Å². The number of carbonyl (C=O) groups is 2. The molecule has 0 saturated carbocycles. The van der Waals surface area contributed by atoms with Crippen LogP contribution in [0.1, 0.15) is 201 Å². The number of hydrogen-bond donors (Lipinski definition) is 0. The Hall–Kier alpha value is -1.25. The van der Waals surface area contributed by atoms with E-state index < -0.39 is 13.9 Å². The predicted octanol–water partition coefficient (Wildman–Crippen LogP) is 12.8. The van der Waals surface area contributed by atoms with E-state index in [9.17, 15) is 14.2 Å². The van der Waals surface area contributed by atoms with Gasteiger partial charge in [-0.05, 0) is 45.4 Å². The van der Waals surface area contributed by atoms with Gasteiger partial charge in [0.05, 0.1) is 34.4 Å². The highest BCUT2D eigenvalue weighted by Gasteiger charge is 2.30. The van der Waals surface area contributed by atoms with Gasteiger partial charge in [0.15, 0.2) is 6.10 Å². The van der Waals surface area contributed by atoms with E-state index in [2.05, 4.69) is 26.0 Å². The summed E-state index contributed by atoms with van der Waals surface area (Å²) in [5, 5.41) is 0. The van der Waals surface area contributed by atoms with Crippen LogP contribution in [0.2, 0.25) is 0 Å². The van der Waals surface area contributed by atoms with E-state index in [1.54, 1.807) is 6.92 Å². The first-order valence-corrected chi connectivity index (χ1v) is 23.9. The van der Waals surface area contributed by atoms with E-state index in [0.29, 0.717) is 17.4 Å². The van der Waals surface area contributed by atoms with Crippen LogP contribution in [0.15, 0.2) is 12.2 Å². The SMILES string of the molecule is CCCCCCCC/C=C\CCCCCCCC(=O)OC(COC(=O)CCCCCCCCCCCCCCC)COP(=O)(OCC)OCC[N+](C)(C)C. The summed E-state index contributed by atoms with van der Waals surface area (Å²) in [7, 11) is 2.13. The topological polar surface area (TPSA) is 97.4 Å². The minimum absolute atomic E-state index is 0.135. The zero-order valence-corrected chi connectivity index (χ0v) is 37.1. The van der Waals surface area contributed by atoms with Crippen LogP contribution in [0.3, 0.4) is 0 Å². The number of esters is 2. The molecule has 0 amide bonds. The molecule has 0 aliphatic rings. The fourth-order valence-corrected chi connectivity index (χ4v) is 7.31. The molecule has 0 rings (SSSR count). The average Bonchev–Trinajstić information content (AvgIpc) is 3.12. The summed E-state index contributed by atoms with van der Waals surface area (Å²) in [6.07, 6.45) is 35.8. The Labute approximate surface area is 333 Å². The number of nitrogens with zero attached hydrogens (tertiary/aromatic N) is 1. The van der Waals surface area contributed by atoms with Crippen molar-refractivity contribution in [1.29, 1.82) is 0 Å². The Bertz CT molecular complexity index is 938. The van der Waals surface area contributed by atoms with Crippen LogP contribution < -0.4 is 0 Å². The molecule has 0 radical (unpaired) electrons. The van der Waals surface area contributed by atoms with Crippen molar-refractivity contribution in [3.05, 3.63) is 12.2 Å². The largest absolute Gasteiger partial charge is 0.475 e. The van der Waals surface area contributed by atoms with Crippen molar-refractivity contribution in [2.24, 2.45) is 0 Å². The molecule has 0 aliphatic heterocycles. The highest BCUT2D eigenvalue weighted by molar-refractivity contribution is 7.48. The molecule has 2 atom stereocenters. The summed E-state index contributed by atoms with van der Waals surface area (Å²) in [4.78, 5) is 25.4. The van der Waals surface area contributed by atoms with E-state index in [1.807, 2.05) is 21.1 Å². The number of phosphoric ester groups is 1. The summed E-state index contributed by atoms with van der Waals surface area (Å²) < 4.78 is 41.7. The molecule has 0 bridgehead atoms. The van der Waals surface area contributed by atoms with Gasteiger partial charge in [0.25, 0.3) is 0 Å². The van der Waals surface area contributed by atoms with Gasteiger partial charge in [0.2, 0.25) is 0 Å². The third kappa shape index (κ3) is 37.7. The first kappa shape index (κ1) is 52.8. The monoisotopic (exact) mass is 789 g/mol. The maximum absolute atomic E-state index is 13.3. The minimum atomic E-state index is -3.89. The lowest BCUT2D eigenvalue weighted by molar-refractivity contribution is -0.870. The Balaban J connectivity index is 4.57. The summed E-state index contributed by atoms with van der Waals surface area (Å²) in [5.41, 5.74) is 0. The van der Waals surface area contributed by atoms with Crippen LogP contribution >= 0.6 is 7.82 Å². The van der Waals surface area contributed by atoms with Crippen LogP contribution in [-0.2, 0) is 37.2 Å². The van der Waals surface area contributed by atoms with Crippen LogP contribution in [0.4, 0.5) is 0 Å². The molecule has 0 spiro atoms. The molecule has 0 fully saturated rings. The van der Waals surface area contributed by atoms with Gasteiger partial charge in [0.1, 0.15) is 19.8 Å². The quantitative estimate of drug-likeness (QED) is 0.0199. The maximum atomic E-state index is 13.3. The first-order chi connectivity index (χ1) is 26.0. The standard InChI is InChI=1S/C44H87NO8P/c1-7-10-12-14-16-18-20-22-23-25-27-29-31-33-35-37-44(47)53-42(41-52-54(48,50-9-3)51-39-38-45(4,5)6)40-49-43(46)36-34-32-30-28-26-24-21-19-17-15-13-11-8-2/h22-23,42H,7-21,24-41H2,1-6H3/q+1/b23-22-. The number of allylic oxidation sites excluding steroid dienone is 2. The Kier molecular flexibility index (Phi) is 36.5. The number of phosphoric acid groups is 1. The molecule has 2 unspecified atom stereocenters. The van der Waals surface area contributed by atoms with Gasteiger partial charge < -0.3 is 14.0 Å². The Morgan fingerprint density at radius 1 is 0.537 bits per heavy atom. The number of unbranched alkanes of at least 4 members (excludes halogenated alkanes) is 23. The van der Waals surface area contributed by atoms with Gasteiger partial charge in [-0.1, -0.05) is 154 Å². The van der Waals surface area contributed by atoms with Crippen molar-refractivity contribution < 1.29 is 41.7 Å². The number of hydrogen-bond acceptors (Lipinski definition) is 8. The fraction of sp³-hybridized carbons (Fsp3) is 0.909. The van der Waals surface area contributed by atoms with Crippen LogP contribution in [0.5, 0.6) is 0 Å². The average molecular weight is 789 g/mol. The van der Waals surface area contributed by atoms with Crippen LogP contribution in [0, 0.1) is 0 Å². The highest BCUT2D eigenvalue weighted by atomic mass is 31.2. The molecule has 0 N–H and O–H groups in total. The summed E-state index contributed by atoms with van der Waals surface area (Å²) >= 11 is 0. The second-order valence-electron chi connectivity index (χ2n) is 16.1. The van der Waals surface area contributed by atoms with Crippen molar-refractivity contribution in [2.45, 2.75) is 207 Å². The van der Waals surface area contributed by atoms with Gasteiger partial charge in [-0.25, -0.2) is 4.57 Å². The molecule has 10 heteroatoms. The zero-order valence-electron chi connectivity index (χ0n) is 36.2. The third-order valence-corrected chi connectivity index (χ3v) is 11.1. The third-order valence-electron chi connectivity index (χ3n) is 9.57. The second-order valence-corrected chi connectivity index (χ2v) is 17.8. The summed E-state index contributed by atoms with van der Waals surface area (Å²) in [6.45, 7) is 6.71. The summed E-state index contributed by atoms with van der Waals surface area (Å²) in [6, 6.07) is 0. The number of ether oxygens (including phenoxy) is 2. The van der Waals surface area contributed by atoms with Crippen molar-refractivity contribution in [1.82, 2.24) is 0 Å². The second kappa shape index (κ2) is 37.3. The van der Waals surface area contributed by atoms with Gasteiger partial charge in [-0.3, -0.25) is 23.2 Å². The van der Waals surface area contributed by atoms with Crippen LogP contribution in [-0.4, -0.2) is 76.6 Å². The van der Waals surface area contributed by atoms with E-state index >= 15 is 0 Å². The molecular weight excluding hydrogens is 701 g/mol. The molecule has 9 nitrogen and oxygen atoms in total. The van der Waals surface area contributed by atoms with Crippen molar-refractivity contribution in [3.63, 3.8) is 0 Å². The molecule has 0 aromatic rings. The first-order valence-electron chi connectivity index (χ1n) is 22.4. The molecule has 320 valence electrons. The van der Waals surface area contributed by atoms with Crippen molar-refractivity contribution >= 4 is 19.8 Å². The predicted molar refractivity (Wildman–Crippen MR) is 225 cm³/mol. The maximum Gasteiger partial charge on any atom is 0.475 e. The molecule has 0 aliphatic carbocycles. The smallest absolute Gasteiger partial charge is 0.462 e. The molecule has 0 saturated heterocycles. The Morgan fingerprint density at radius 3 is 1.41 bits per heavy atom. The molecular formula is C44H87NO8P+. The molecule has 0 aromatic heterocycles. The Morgan fingerprint density at radius 2 is 0.963 bits per heavy atom. The number of rotatable bonds is 41. The van der Waals surface area contributed by atoms with E-state index in [-0.39, 0.29) is 44.8 Å². The minimum Gasteiger partial charge on any atom is -0.462 e.